The van der Waals surface area contributed by atoms with Crippen molar-refractivity contribution in [3.8, 4) is 5.75 Å². The van der Waals surface area contributed by atoms with Crippen molar-refractivity contribution < 1.29 is 37.6 Å². The Labute approximate surface area is 255 Å². The van der Waals surface area contributed by atoms with Gasteiger partial charge in [0.1, 0.15) is 28.4 Å². The molecule has 11 nitrogen and oxygen atoms in total. The van der Waals surface area contributed by atoms with Crippen LogP contribution < -0.4 is 4.74 Å². The molecule has 0 bridgehead atoms. The molecule has 0 atom stereocenters. The highest BCUT2D eigenvalue weighted by Crippen LogP contribution is 2.21. The molecule has 0 aliphatic rings. The van der Waals surface area contributed by atoms with Gasteiger partial charge in [-0.3, -0.25) is 10.1 Å². The van der Waals surface area contributed by atoms with Crippen molar-refractivity contribution in [2.24, 2.45) is 0 Å². The van der Waals surface area contributed by atoms with Gasteiger partial charge in [0.05, 0.1) is 4.92 Å². The number of alkyl halides is 2. The van der Waals surface area contributed by atoms with Gasteiger partial charge >= 0.3 is 12.2 Å². The van der Waals surface area contributed by atoms with Crippen molar-refractivity contribution in [3.63, 3.8) is 0 Å². The summed E-state index contributed by atoms with van der Waals surface area (Å²) in [5.41, 5.74) is 1.39. The number of carbonyl (C=O) groups excluding carboxylic acids is 2. The molecule has 2 aromatic heterocycles. The summed E-state index contributed by atoms with van der Waals surface area (Å²) in [6.07, 6.45) is -1.36. The number of hydrogen-bond acceptors (Lipinski definition) is 9. The molecule has 13 heteroatoms. The van der Waals surface area contributed by atoms with Gasteiger partial charge in [0.15, 0.2) is 13.2 Å². The minimum absolute atomic E-state index is 0.0690. The second kappa shape index (κ2) is 15.5. The zero-order valence-corrected chi connectivity index (χ0v) is 24.2. The number of nitro groups is 1. The van der Waals surface area contributed by atoms with E-state index >= 15 is 0 Å². The van der Waals surface area contributed by atoms with Crippen molar-refractivity contribution in [2.45, 2.75) is 13.2 Å². The van der Waals surface area contributed by atoms with Crippen LogP contribution in [0.3, 0.4) is 0 Å². The van der Waals surface area contributed by atoms with Gasteiger partial charge in [-0.2, -0.15) is 0 Å². The third kappa shape index (κ3) is 9.12. The zero-order valence-electron chi connectivity index (χ0n) is 22.7. The lowest BCUT2D eigenvalue weighted by Crippen LogP contribution is -2.34. The van der Waals surface area contributed by atoms with Crippen molar-refractivity contribution in [1.82, 2.24) is 4.90 Å². The summed E-state index contributed by atoms with van der Waals surface area (Å²) in [7, 11) is 0. The Morgan fingerprint density at radius 1 is 0.767 bits per heavy atom. The molecule has 0 fully saturated rings. The molecule has 5 aromatic rings. The van der Waals surface area contributed by atoms with Crippen LogP contribution >= 0.6 is 23.2 Å². The predicted molar refractivity (Wildman–Crippen MR) is 160 cm³/mol. The molecule has 0 saturated heterocycles. The van der Waals surface area contributed by atoms with E-state index in [1.165, 1.54) is 29.2 Å². The Morgan fingerprint density at radius 3 is 1.77 bits per heavy atom. The Kier molecular flexibility index (Phi) is 11.2. The normalized spacial score (nSPS) is 10.6. The topological polar surface area (TPSA) is 134 Å². The Balaban J connectivity index is 0.000000199. The standard InChI is InChI=1S/C16H11NO6.C14H15Cl2NO3/c18-16(23-13-7-5-12(6-8-13)17(19)20)21-10-14-9-11-3-1-2-4-15(11)22-14;15-5-7-17(8-6-16)14(18)19-10-12-9-11-3-1-2-4-13(11)20-12/h1-9H,10H2;1-4,9H,5-8,10H2. The van der Waals surface area contributed by atoms with Crippen molar-refractivity contribution in [1.29, 1.82) is 0 Å². The average molecular weight is 629 g/mol. The summed E-state index contributed by atoms with van der Waals surface area (Å²) < 4.78 is 26.1. The number of ether oxygens (including phenoxy) is 3. The number of hydrogen-bond donors (Lipinski definition) is 0. The fraction of sp³-hybridized carbons (Fsp3) is 0.200. The molecule has 1 amide bonds. The maximum atomic E-state index is 11.9. The summed E-state index contributed by atoms with van der Waals surface area (Å²) >= 11 is 11.3. The van der Waals surface area contributed by atoms with Crippen LogP contribution in [0.1, 0.15) is 11.5 Å². The molecular formula is C30H26Cl2N2O9. The van der Waals surface area contributed by atoms with Crippen LogP contribution in [0.5, 0.6) is 5.75 Å². The minimum Gasteiger partial charge on any atom is -0.457 e. The van der Waals surface area contributed by atoms with Crippen LogP contribution in [0.4, 0.5) is 15.3 Å². The van der Waals surface area contributed by atoms with Crippen LogP contribution in [0.2, 0.25) is 0 Å². The first-order chi connectivity index (χ1) is 20.9. The number of halogens is 2. The van der Waals surface area contributed by atoms with E-state index < -0.39 is 17.2 Å². The lowest BCUT2D eigenvalue weighted by atomic mass is 10.2. The van der Waals surface area contributed by atoms with E-state index in [9.17, 15) is 19.7 Å². The van der Waals surface area contributed by atoms with Crippen molar-refractivity contribution >= 4 is 63.1 Å². The highest BCUT2D eigenvalue weighted by atomic mass is 35.5. The molecule has 0 N–H and O–H groups in total. The Morgan fingerprint density at radius 2 is 1.28 bits per heavy atom. The maximum absolute atomic E-state index is 11.9. The molecule has 0 unspecified atom stereocenters. The number of benzene rings is 3. The SMILES string of the molecule is O=C(OCc1cc2ccccc2o1)N(CCCl)CCCl.O=C(OCc1cc2ccccc2o1)Oc1ccc([N+](=O)[O-])cc1. The first-order valence-corrected chi connectivity index (χ1v) is 14.0. The van der Waals surface area contributed by atoms with Crippen molar-refractivity contribution in [2.75, 3.05) is 24.8 Å². The first-order valence-electron chi connectivity index (χ1n) is 12.9. The van der Waals surface area contributed by atoms with Crippen LogP contribution in [-0.2, 0) is 22.7 Å². The monoisotopic (exact) mass is 628 g/mol. The van der Waals surface area contributed by atoms with E-state index in [0.29, 0.717) is 42.0 Å². The molecule has 5 rings (SSSR count). The van der Waals surface area contributed by atoms with Gasteiger partial charge in [-0.25, -0.2) is 9.59 Å². The van der Waals surface area contributed by atoms with Crippen molar-refractivity contribution in [3.05, 3.63) is 107 Å². The lowest BCUT2D eigenvalue weighted by Gasteiger charge is -2.19. The predicted octanol–water partition coefficient (Wildman–Crippen LogP) is 7.91. The van der Waals surface area contributed by atoms with Gasteiger partial charge in [0.2, 0.25) is 0 Å². The number of carbonyl (C=O) groups is 2. The fourth-order valence-corrected chi connectivity index (χ4v) is 4.24. The molecule has 0 saturated carbocycles. The molecule has 0 aliphatic carbocycles. The third-order valence-corrected chi connectivity index (χ3v) is 6.18. The van der Waals surface area contributed by atoms with E-state index in [-0.39, 0.29) is 24.7 Å². The number of nitrogens with zero attached hydrogens (tertiary/aromatic N) is 2. The van der Waals surface area contributed by atoms with E-state index in [1.807, 2.05) is 54.6 Å². The summed E-state index contributed by atoms with van der Waals surface area (Å²) in [6.45, 7) is 0.843. The molecule has 3 aromatic carbocycles. The number of fused-ring (bicyclic) bond motifs is 2. The molecule has 2 heterocycles. The number of nitro benzene ring substituents is 1. The number of para-hydroxylation sites is 2. The van der Waals surface area contributed by atoms with Gasteiger partial charge in [0.25, 0.3) is 5.69 Å². The second-order valence-corrected chi connectivity index (χ2v) is 9.57. The Hall–Kier alpha value is -4.74. The van der Waals surface area contributed by atoms with Gasteiger partial charge in [-0.1, -0.05) is 36.4 Å². The second-order valence-electron chi connectivity index (χ2n) is 8.81. The number of non-ortho nitro benzene ring substituents is 1. The summed E-state index contributed by atoms with van der Waals surface area (Å²) in [5, 5.41) is 12.4. The number of rotatable bonds is 10. The van der Waals surface area contributed by atoms with Gasteiger partial charge in [-0.15, -0.1) is 23.2 Å². The number of furan rings is 2. The highest BCUT2D eigenvalue weighted by molar-refractivity contribution is 6.18. The molecule has 0 aliphatic heterocycles. The van der Waals surface area contributed by atoms with E-state index in [0.717, 1.165) is 16.4 Å². The maximum Gasteiger partial charge on any atom is 0.514 e. The Bertz CT molecular complexity index is 1600. The average Bonchev–Trinajstić information content (AvgIpc) is 3.63. The largest absolute Gasteiger partial charge is 0.514 e. The summed E-state index contributed by atoms with van der Waals surface area (Å²) in [5.74, 6) is 1.95. The van der Waals surface area contributed by atoms with Gasteiger partial charge in [0, 0.05) is 47.8 Å². The van der Waals surface area contributed by atoms with E-state index in [4.69, 9.17) is 46.2 Å². The number of amides is 1. The fourth-order valence-electron chi connectivity index (χ4n) is 3.83. The summed E-state index contributed by atoms with van der Waals surface area (Å²) in [6, 6.07) is 23.8. The molecular weight excluding hydrogens is 603 g/mol. The van der Waals surface area contributed by atoms with Gasteiger partial charge < -0.3 is 27.9 Å². The van der Waals surface area contributed by atoms with E-state index in [2.05, 4.69) is 0 Å². The first kappa shape index (κ1) is 31.2. The molecule has 43 heavy (non-hydrogen) atoms. The smallest absolute Gasteiger partial charge is 0.457 e. The third-order valence-electron chi connectivity index (χ3n) is 5.84. The summed E-state index contributed by atoms with van der Waals surface area (Å²) in [4.78, 5) is 34.9. The molecule has 224 valence electrons. The van der Waals surface area contributed by atoms with Crippen LogP contribution in [-0.4, -0.2) is 46.9 Å². The van der Waals surface area contributed by atoms with Gasteiger partial charge in [-0.05, 0) is 36.4 Å². The van der Waals surface area contributed by atoms with Crippen LogP contribution in [0.25, 0.3) is 21.9 Å². The molecule has 0 radical (unpaired) electrons. The quantitative estimate of drug-likeness (QED) is 0.0497. The minimum atomic E-state index is -0.917. The lowest BCUT2D eigenvalue weighted by molar-refractivity contribution is -0.384. The zero-order chi connectivity index (χ0) is 30.6. The molecule has 0 spiro atoms. The van der Waals surface area contributed by atoms with Crippen LogP contribution in [0, 0.1) is 10.1 Å². The van der Waals surface area contributed by atoms with E-state index in [1.54, 1.807) is 6.07 Å². The highest BCUT2D eigenvalue weighted by Gasteiger charge is 2.15. The van der Waals surface area contributed by atoms with Crippen LogP contribution in [0.15, 0.2) is 93.8 Å².